The lowest BCUT2D eigenvalue weighted by Gasteiger charge is -2.19. The highest BCUT2D eigenvalue weighted by molar-refractivity contribution is 9.10. The van der Waals surface area contributed by atoms with Crippen LogP contribution < -0.4 is 0 Å². The van der Waals surface area contributed by atoms with E-state index < -0.39 is 24.0 Å². The van der Waals surface area contributed by atoms with Crippen molar-refractivity contribution in [2.45, 2.75) is 18.6 Å². The zero-order valence-corrected chi connectivity index (χ0v) is 12.4. The molecule has 0 aliphatic carbocycles. The molecule has 2 aromatic rings. The summed E-state index contributed by atoms with van der Waals surface area (Å²) < 4.78 is 6.24. The SMILES string of the molecule is O=C(O)[C@@H]1CC(O)CN1C(=O)c1cc2cccc(Br)c2o1. The van der Waals surface area contributed by atoms with E-state index in [1.165, 1.54) is 0 Å². The first kappa shape index (κ1) is 14.1. The molecule has 1 aliphatic heterocycles. The number of hydrogen-bond donors (Lipinski definition) is 2. The summed E-state index contributed by atoms with van der Waals surface area (Å²) in [5, 5.41) is 19.5. The Morgan fingerprint density at radius 1 is 1.38 bits per heavy atom. The van der Waals surface area contributed by atoms with Gasteiger partial charge in [0.1, 0.15) is 11.6 Å². The third kappa shape index (κ3) is 2.43. The van der Waals surface area contributed by atoms with Crippen molar-refractivity contribution in [1.29, 1.82) is 0 Å². The average Bonchev–Trinajstić information content (AvgIpc) is 3.02. The molecule has 1 aliphatic rings. The number of rotatable bonds is 2. The molecule has 2 N–H and O–H groups in total. The van der Waals surface area contributed by atoms with Gasteiger partial charge in [-0.05, 0) is 28.1 Å². The second kappa shape index (κ2) is 5.16. The van der Waals surface area contributed by atoms with E-state index in [-0.39, 0.29) is 18.7 Å². The molecule has 6 nitrogen and oxygen atoms in total. The highest BCUT2D eigenvalue weighted by Crippen LogP contribution is 2.29. The van der Waals surface area contributed by atoms with Gasteiger partial charge in [-0.15, -0.1) is 0 Å². The number of β-amino-alcohol motifs (C(OH)–C–C–N with tert-alkyl or cyclic N) is 1. The van der Waals surface area contributed by atoms with E-state index in [0.29, 0.717) is 5.58 Å². The molecule has 7 heteroatoms. The van der Waals surface area contributed by atoms with Crippen LogP contribution in [-0.2, 0) is 4.79 Å². The topological polar surface area (TPSA) is 91.0 Å². The van der Waals surface area contributed by atoms with Gasteiger partial charge in [-0.25, -0.2) is 4.79 Å². The first-order valence-corrected chi connectivity index (χ1v) is 7.16. The highest BCUT2D eigenvalue weighted by Gasteiger charge is 2.40. The number of furan rings is 1. The summed E-state index contributed by atoms with van der Waals surface area (Å²) in [4.78, 5) is 24.7. The standard InChI is InChI=1S/C14H12BrNO5/c15-9-3-1-2-7-4-11(21-12(7)9)13(18)16-6-8(17)5-10(16)14(19)20/h1-4,8,10,17H,5-6H2,(H,19,20)/t8?,10-/m0/s1. The number of carboxylic acid groups (broad SMARTS) is 1. The summed E-state index contributed by atoms with van der Waals surface area (Å²) in [5.74, 6) is -1.59. The first-order chi connectivity index (χ1) is 9.97. The summed E-state index contributed by atoms with van der Waals surface area (Å²) in [6.07, 6.45) is -0.795. The highest BCUT2D eigenvalue weighted by atomic mass is 79.9. The Hall–Kier alpha value is -1.86. The van der Waals surface area contributed by atoms with Crippen LogP contribution in [-0.4, -0.2) is 45.7 Å². The summed E-state index contributed by atoms with van der Waals surface area (Å²) in [5.41, 5.74) is 0.535. The van der Waals surface area contributed by atoms with Crippen molar-refractivity contribution in [1.82, 2.24) is 4.90 Å². The molecule has 110 valence electrons. The van der Waals surface area contributed by atoms with Gasteiger partial charge in [0, 0.05) is 18.4 Å². The number of benzene rings is 1. The molecule has 3 rings (SSSR count). The van der Waals surface area contributed by atoms with Crippen molar-refractivity contribution in [2.75, 3.05) is 6.54 Å². The number of para-hydroxylation sites is 1. The first-order valence-electron chi connectivity index (χ1n) is 6.37. The normalized spacial score (nSPS) is 21.9. The Morgan fingerprint density at radius 3 is 2.81 bits per heavy atom. The Labute approximate surface area is 128 Å². The number of aliphatic hydroxyl groups is 1. The smallest absolute Gasteiger partial charge is 0.326 e. The number of carboxylic acids is 1. The van der Waals surface area contributed by atoms with Gasteiger partial charge >= 0.3 is 5.97 Å². The van der Waals surface area contributed by atoms with Crippen LogP contribution in [0.15, 0.2) is 33.2 Å². The van der Waals surface area contributed by atoms with Gasteiger partial charge in [0.05, 0.1) is 10.6 Å². The van der Waals surface area contributed by atoms with E-state index in [4.69, 9.17) is 9.52 Å². The van der Waals surface area contributed by atoms with Crippen molar-refractivity contribution in [3.8, 4) is 0 Å². The van der Waals surface area contributed by atoms with Crippen LogP contribution in [0.5, 0.6) is 0 Å². The van der Waals surface area contributed by atoms with Crippen LogP contribution in [0.2, 0.25) is 0 Å². The van der Waals surface area contributed by atoms with Crippen molar-refractivity contribution in [3.05, 3.63) is 34.5 Å². The van der Waals surface area contributed by atoms with E-state index >= 15 is 0 Å². The quantitative estimate of drug-likeness (QED) is 0.859. The Bertz CT molecular complexity index is 725. The molecular formula is C14H12BrNO5. The van der Waals surface area contributed by atoms with E-state index in [2.05, 4.69) is 15.9 Å². The summed E-state index contributed by atoms with van der Waals surface area (Å²) in [7, 11) is 0. The minimum atomic E-state index is -1.13. The zero-order chi connectivity index (χ0) is 15.1. The van der Waals surface area contributed by atoms with Crippen LogP contribution in [0.1, 0.15) is 17.0 Å². The molecule has 2 atom stereocenters. The third-order valence-electron chi connectivity index (χ3n) is 3.53. The Kier molecular flexibility index (Phi) is 3.46. The Balaban J connectivity index is 1.96. The maximum Gasteiger partial charge on any atom is 0.326 e. The maximum absolute atomic E-state index is 12.4. The van der Waals surface area contributed by atoms with Crippen molar-refractivity contribution < 1.29 is 24.2 Å². The fourth-order valence-corrected chi connectivity index (χ4v) is 3.01. The maximum atomic E-state index is 12.4. The molecule has 21 heavy (non-hydrogen) atoms. The number of likely N-dealkylation sites (tertiary alicyclic amines) is 1. The fourth-order valence-electron chi connectivity index (χ4n) is 2.55. The van der Waals surface area contributed by atoms with Crippen LogP contribution in [0, 0.1) is 0 Å². The number of aliphatic carboxylic acids is 1. The number of carbonyl (C=O) groups excluding carboxylic acids is 1. The molecule has 0 spiro atoms. The number of nitrogens with zero attached hydrogens (tertiary/aromatic N) is 1. The lowest BCUT2D eigenvalue weighted by molar-refractivity contribution is -0.141. The summed E-state index contributed by atoms with van der Waals surface area (Å²) >= 11 is 3.33. The van der Waals surface area contributed by atoms with E-state index in [0.717, 1.165) is 14.8 Å². The number of aliphatic hydroxyl groups excluding tert-OH is 1. The lowest BCUT2D eigenvalue weighted by Crippen LogP contribution is -2.40. The predicted molar refractivity (Wildman–Crippen MR) is 77.0 cm³/mol. The van der Waals surface area contributed by atoms with Gasteiger partial charge in [-0.1, -0.05) is 12.1 Å². The zero-order valence-electron chi connectivity index (χ0n) is 10.8. The number of amides is 1. The monoisotopic (exact) mass is 353 g/mol. The minimum Gasteiger partial charge on any atom is -0.480 e. The second-order valence-corrected chi connectivity index (χ2v) is 5.82. The molecule has 1 amide bonds. The Morgan fingerprint density at radius 2 is 2.14 bits per heavy atom. The van der Waals surface area contributed by atoms with Crippen molar-refractivity contribution in [3.63, 3.8) is 0 Å². The van der Waals surface area contributed by atoms with E-state index in [1.54, 1.807) is 18.2 Å². The number of fused-ring (bicyclic) bond motifs is 1. The number of carbonyl (C=O) groups is 2. The van der Waals surface area contributed by atoms with Gasteiger partial charge < -0.3 is 19.5 Å². The van der Waals surface area contributed by atoms with Gasteiger partial charge in [0.15, 0.2) is 5.76 Å². The predicted octanol–water partition coefficient (Wildman–Crippen LogP) is 1.86. The van der Waals surface area contributed by atoms with Crippen LogP contribution in [0.3, 0.4) is 0 Å². The number of hydrogen-bond acceptors (Lipinski definition) is 4. The van der Waals surface area contributed by atoms with Crippen molar-refractivity contribution >= 4 is 38.8 Å². The van der Waals surface area contributed by atoms with Crippen LogP contribution in [0.25, 0.3) is 11.0 Å². The molecule has 1 aromatic heterocycles. The minimum absolute atomic E-state index is 0.00594. The molecule has 0 saturated carbocycles. The van der Waals surface area contributed by atoms with Crippen molar-refractivity contribution in [2.24, 2.45) is 0 Å². The van der Waals surface area contributed by atoms with E-state index in [9.17, 15) is 14.7 Å². The molecular weight excluding hydrogens is 342 g/mol. The molecule has 1 unspecified atom stereocenters. The molecule has 1 aromatic carbocycles. The van der Waals surface area contributed by atoms with Gasteiger partial charge in [0.25, 0.3) is 5.91 Å². The fraction of sp³-hybridized carbons (Fsp3) is 0.286. The molecule has 0 bridgehead atoms. The second-order valence-electron chi connectivity index (χ2n) is 4.97. The average molecular weight is 354 g/mol. The largest absolute Gasteiger partial charge is 0.480 e. The third-order valence-corrected chi connectivity index (χ3v) is 4.16. The van der Waals surface area contributed by atoms with Gasteiger partial charge in [0.2, 0.25) is 0 Å². The van der Waals surface area contributed by atoms with Crippen LogP contribution >= 0.6 is 15.9 Å². The van der Waals surface area contributed by atoms with E-state index in [1.807, 2.05) is 6.07 Å². The molecule has 1 fully saturated rings. The molecule has 1 saturated heterocycles. The summed E-state index contributed by atoms with van der Waals surface area (Å²) in [6.45, 7) is -0.00594. The molecule has 2 heterocycles. The number of halogens is 1. The van der Waals surface area contributed by atoms with Gasteiger partial charge in [-0.3, -0.25) is 4.79 Å². The molecule has 0 radical (unpaired) electrons. The van der Waals surface area contributed by atoms with Crippen LogP contribution in [0.4, 0.5) is 0 Å². The lowest BCUT2D eigenvalue weighted by atomic mass is 10.2. The van der Waals surface area contributed by atoms with Gasteiger partial charge in [-0.2, -0.15) is 0 Å². The summed E-state index contributed by atoms with van der Waals surface area (Å²) in [6, 6.07) is 5.96.